The largest absolute Gasteiger partial charge is 0.504 e. The quantitative estimate of drug-likeness (QED) is 0.634. The zero-order valence-corrected chi connectivity index (χ0v) is 14.6. The predicted octanol–water partition coefficient (Wildman–Crippen LogP) is 2.22. The van der Waals surface area contributed by atoms with Crippen LogP contribution in [0.1, 0.15) is 43.6 Å². The Morgan fingerprint density at radius 2 is 1.79 bits per heavy atom. The third kappa shape index (κ3) is 3.33. The minimum Gasteiger partial charge on any atom is -0.504 e. The van der Waals surface area contributed by atoms with Gasteiger partial charge >= 0.3 is 7.12 Å². The van der Waals surface area contributed by atoms with Crippen molar-refractivity contribution in [2.24, 2.45) is 0 Å². The summed E-state index contributed by atoms with van der Waals surface area (Å²) in [6.45, 7) is 7.36. The molecule has 6 nitrogen and oxygen atoms in total. The lowest BCUT2D eigenvalue weighted by Crippen LogP contribution is -2.41. The van der Waals surface area contributed by atoms with Crippen molar-refractivity contribution in [3.63, 3.8) is 0 Å². The first-order chi connectivity index (χ1) is 11.1. The molecule has 1 aliphatic rings. The Bertz CT molecular complexity index is 649. The fourth-order valence-corrected chi connectivity index (χ4v) is 2.37. The van der Waals surface area contributed by atoms with Gasteiger partial charge in [0.05, 0.1) is 24.9 Å². The molecule has 130 valence electrons. The van der Waals surface area contributed by atoms with Gasteiger partial charge in [0.2, 0.25) is 0 Å². The Hall–Kier alpha value is -1.83. The van der Waals surface area contributed by atoms with Gasteiger partial charge in [0, 0.05) is 5.56 Å². The molecule has 0 unspecified atom stereocenters. The van der Waals surface area contributed by atoms with Crippen molar-refractivity contribution in [1.29, 1.82) is 0 Å². The lowest BCUT2D eigenvalue weighted by Gasteiger charge is -2.32. The van der Waals surface area contributed by atoms with Crippen molar-refractivity contribution in [2.45, 2.75) is 38.9 Å². The van der Waals surface area contributed by atoms with Crippen molar-refractivity contribution >= 4 is 19.5 Å². The summed E-state index contributed by atoms with van der Waals surface area (Å²) in [5, 5.41) is 19.7. The van der Waals surface area contributed by atoms with Gasteiger partial charge in [-0.2, -0.15) is 0 Å². The van der Waals surface area contributed by atoms with Gasteiger partial charge in [0.1, 0.15) is 0 Å². The summed E-state index contributed by atoms with van der Waals surface area (Å²) in [4.78, 5) is 11.3. The third-order valence-corrected chi connectivity index (χ3v) is 4.59. The highest BCUT2D eigenvalue weighted by molar-refractivity contribution is 6.55. The summed E-state index contributed by atoms with van der Waals surface area (Å²) in [5.41, 5.74) is 0.152. The van der Waals surface area contributed by atoms with E-state index in [1.807, 2.05) is 27.7 Å². The van der Waals surface area contributed by atoms with E-state index >= 15 is 0 Å². The van der Waals surface area contributed by atoms with E-state index < -0.39 is 18.3 Å². The van der Waals surface area contributed by atoms with Crippen LogP contribution in [-0.4, -0.2) is 48.5 Å². The molecule has 1 aromatic carbocycles. The average Bonchev–Trinajstić information content (AvgIpc) is 2.73. The van der Waals surface area contributed by atoms with Crippen LogP contribution in [0.2, 0.25) is 0 Å². The summed E-state index contributed by atoms with van der Waals surface area (Å²) >= 11 is 0. The summed E-state index contributed by atoms with van der Waals surface area (Å²) in [6.07, 6.45) is 2.25. The van der Waals surface area contributed by atoms with E-state index in [-0.39, 0.29) is 18.1 Å². The van der Waals surface area contributed by atoms with Gasteiger partial charge in [-0.25, -0.2) is 0 Å². The minimum absolute atomic E-state index is 0.0967. The van der Waals surface area contributed by atoms with Gasteiger partial charge in [-0.15, -0.1) is 0 Å². The topological polar surface area (TPSA) is 85.2 Å². The highest BCUT2D eigenvalue weighted by Crippen LogP contribution is 2.39. The molecule has 0 atom stereocenters. The molecule has 1 aliphatic heterocycles. The van der Waals surface area contributed by atoms with Crippen molar-refractivity contribution in [2.75, 3.05) is 13.7 Å². The molecule has 1 aromatic rings. The standard InChI is InChI=1S/C17H23BO6/c1-16(2)17(3,4)24-18(23-16)13(10-20)6-11-7-14(21)15(22-5)8-12(11)9-19/h6-9,20-21H,10H2,1-5H3. The molecule has 2 rings (SSSR count). The lowest BCUT2D eigenvalue weighted by molar-refractivity contribution is 0.00578. The molecule has 1 heterocycles. The predicted molar refractivity (Wildman–Crippen MR) is 91.2 cm³/mol. The van der Waals surface area contributed by atoms with Crippen LogP contribution >= 0.6 is 0 Å². The summed E-state index contributed by atoms with van der Waals surface area (Å²) in [6, 6.07) is 2.84. The highest BCUT2D eigenvalue weighted by Gasteiger charge is 2.52. The number of carbonyl (C=O) groups is 1. The number of aliphatic hydroxyl groups is 1. The van der Waals surface area contributed by atoms with Crippen molar-refractivity contribution in [3.05, 3.63) is 28.7 Å². The molecule has 0 saturated carbocycles. The molecule has 1 saturated heterocycles. The molecule has 2 N–H and O–H groups in total. The number of ether oxygens (including phenoxy) is 1. The zero-order valence-electron chi connectivity index (χ0n) is 14.6. The maximum Gasteiger partial charge on any atom is 0.492 e. The van der Waals surface area contributed by atoms with Crippen LogP contribution in [0.3, 0.4) is 0 Å². The first kappa shape index (κ1) is 18.5. The second-order valence-corrected chi connectivity index (χ2v) is 6.74. The Morgan fingerprint density at radius 3 is 2.25 bits per heavy atom. The normalized spacial score (nSPS) is 19.4. The van der Waals surface area contributed by atoms with Gasteiger partial charge in [-0.3, -0.25) is 4.79 Å². The van der Waals surface area contributed by atoms with Crippen LogP contribution in [0.4, 0.5) is 0 Å². The average molecular weight is 334 g/mol. The third-order valence-electron chi connectivity index (χ3n) is 4.59. The molecule has 0 spiro atoms. The molecule has 0 aromatic heterocycles. The Balaban J connectivity index is 2.42. The molecule has 0 radical (unpaired) electrons. The smallest absolute Gasteiger partial charge is 0.492 e. The van der Waals surface area contributed by atoms with Gasteiger partial charge in [0.25, 0.3) is 0 Å². The fourth-order valence-electron chi connectivity index (χ4n) is 2.37. The molecule has 7 heteroatoms. The first-order valence-corrected chi connectivity index (χ1v) is 7.68. The first-order valence-electron chi connectivity index (χ1n) is 7.68. The van der Waals surface area contributed by atoms with Gasteiger partial charge in [-0.1, -0.05) is 6.08 Å². The highest BCUT2D eigenvalue weighted by atomic mass is 16.7. The minimum atomic E-state index is -0.733. The maximum absolute atomic E-state index is 11.3. The number of phenolic OH excluding ortho intramolecular Hbond substituents is 1. The van der Waals surface area contributed by atoms with E-state index in [0.29, 0.717) is 22.9 Å². The van der Waals surface area contributed by atoms with Crippen LogP contribution in [0.25, 0.3) is 6.08 Å². The second-order valence-electron chi connectivity index (χ2n) is 6.74. The van der Waals surface area contributed by atoms with Crippen LogP contribution in [0.5, 0.6) is 11.5 Å². The van der Waals surface area contributed by atoms with E-state index in [4.69, 9.17) is 14.0 Å². The number of benzene rings is 1. The molecular formula is C17H23BO6. The van der Waals surface area contributed by atoms with E-state index in [0.717, 1.165) is 0 Å². The molecule has 1 fully saturated rings. The van der Waals surface area contributed by atoms with Crippen LogP contribution in [0.15, 0.2) is 17.6 Å². The number of aldehydes is 1. The molecule has 0 amide bonds. The number of hydrogen-bond acceptors (Lipinski definition) is 6. The molecule has 0 aliphatic carbocycles. The van der Waals surface area contributed by atoms with Crippen molar-refractivity contribution in [1.82, 2.24) is 0 Å². The Morgan fingerprint density at radius 1 is 1.21 bits per heavy atom. The van der Waals surface area contributed by atoms with Gasteiger partial charge < -0.3 is 24.3 Å². The molecule has 0 bridgehead atoms. The van der Waals surface area contributed by atoms with Crippen LogP contribution in [0, 0.1) is 0 Å². The number of methoxy groups -OCH3 is 1. The van der Waals surface area contributed by atoms with Gasteiger partial charge in [0.15, 0.2) is 17.8 Å². The van der Waals surface area contributed by atoms with Crippen molar-refractivity contribution in [3.8, 4) is 11.5 Å². The van der Waals surface area contributed by atoms with Crippen molar-refractivity contribution < 1.29 is 29.1 Å². The molecule has 24 heavy (non-hydrogen) atoms. The monoisotopic (exact) mass is 334 g/mol. The van der Waals surface area contributed by atoms with E-state index in [9.17, 15) is 15.0 Å². The van der Waals surface area contributed by atoms with Gasteiger partial charge in [-0.05, 0) is 50.9 Å². The number of aromatic hydroxyl groups is 1. The SMILES string of the molecule is COc1cc(C=O)c(C=C(CO)B2OC(C)(C)C(C)(C)O2)cc1O. The fraction of sp³-hybridized carbons (Fsp3) is 0.471. The summed E-state index contributed by atoms with van der Waals surface area (Å²) in [5.74, 6) is 0.107. The number of rotatable bonds is 5. The van der Waals surface area contributed by atoms with Crippen LogP contribution < -0.4 is 4.74 Å². The number of carbonyl (C=O) groups excluding carboxylic acids is 1. The summed E-state index contributed by atoms with van der Waals surface area (Å²) < 4.78 is 16.8. The number of phenols is 1. The number of hydrogen-bond donors (Lipinski definition) is 2. The number of aliphatic hydroxyl groups excluding tert-OH is 1. The zero-order chi connectivity index (χ0) is 18.1. The maximum atomic E-state index is 11.3. The van der Waals surface area contributed by atoms with E-state index in [1.54, 1.807) is 6.08 Å². The van der Waals surface area contributed by atoms with Crippen LogP contribution in [-0.2, 0) is 9.31 Å². The lowest BCUT2D eigenvalue weighted by atomic mass is 9.77. The summed E-state index contributed by atoms with van der Waals surface area (Å²) in [7, 11) is 0.673. The van der Waals surface area contributed by atoms with E-state index in [1.165, 1.54) is 19.2 Å². The Labute approximate surface area is 142 Å². The Kier molecular flexibility index (Phi) is 5.08. The van der Waals surface area contributed by atoms with E-state index in [2.05, 4.69) is 0 Å². The molecular weight excluding hydrogens is 311 g/mol. The second kappa shape index (κ2) is 6.59.